The molecule has 1 aliphatic heterocycles. The van der Waals surface area contributed by atoms with E-state index in [0.717, 1.165) is 30.2 Å². The number of nitrogens with one attached hydrogen (secondary N) is 1. The number of hydrogen-bond acceptors (Lipinski definition) is 6. The van der Waals surface area contributed by atoms with Crippen molar-refractivity contribution in [2.75, 3.05) is 43.5 Å². The van der Waals surface area contributed by atoms with E-state index in [1.807, 2.05) is 59.5 Å². The van der Waals surface area contributed by atoms with E-state index in [9.17, 15) is 4.79 Å². The van der Waals surface area contributed by atoms with Gasteiger partial charge in [-0.25, -0.2) is 0 Å². The Bertz CT molecular complexity index is 954. The number of ether oxygens (including phenoxy) is 1. The molecule has 29 heavy (non-hydrogen) atoms. The number of carbonyl (C=O) groups is 1. The fourth-order valence-corrected chi connectivity index (χ4v) is 3.39. The van der Waals surface area contributed by atoms with Crippen LogP contribution in [0.25, 0.3) is 0 Å². The Kier molecular flexibility index (Phi) is 5.56. The summed E-state index contributed by atoms with van der Waals surface area (Å²) < 4.78 is 5.45. The van der Waals surface area contributed by atoms with Crippen LogP contribution in [0.3, 0.4) is 0 Å². The first-order valence-electron chi connectivity index (χ1n) is 9.57. The monoisotopic (exact) mass is 389 g/mol. The summed E-state index contributed by atoms with van der Waals surface area (Å²) in [4.78, 5) is 16.9. The van der Waals surface area contributed by atoms with Crippen molar-refractivity contribution >= 4 is 23.1 Å². The standard InChI is InChI=1S/C22H23N5O2/c1-29-20-10-6-5-9-19(20)26-13-15-27(16-14-26)22(28)18-11-12-21(25-24-18)23-17-7-3-2-4-8-17/h2-12H,13-16H2,1H3,(H,23,25). The van der Waals surface area contributed by atoms with E-state index in [4.69, 9.17) is 4.74 Å². The van der Waals surface area contributed by atoms with Crippen molar-refractivity contribution in [3.8, 4) is 5.75 Å². The van der Waals surface area contributed by atoms with Crippen LogP contribution in [0.15, 0.2) is 66.7 Å². The summed E-state index contributed by atoms with van der Waals surface area (Å²) in [5, 5.41) is 11.4. The first-order chi connectivity index (χ1) is 14.2. The average molecular weight is 389 g/mol. The Morgan fingerprint density at radius 3 is 2.31 bits per heavy atom. The van der Waals surface area contributed by atoms with Crippen LogP contribution in [0.2, 0.25) is 0 Å². The molecule has 1 aliphatic rings. The number of amides is 1. The van der Waals surface area contributed by atoms with Gasteiger partial charge in [-0.05, 0) is 36.4 Å². The molecule has 148 valence electrons. The summed E-state index contributed by atoms with van der Waals surface area (Å²) in [6.07, 6.45) is 0. The lowest BCUT2D eigenvalue weighted by Gasteiger charge is -2.36. The molecule has 0 spiro atoms. The van der Waals surface area contributed by atoms with Gasteiger partial charge in [-0.15, -0.1) is 10.2 Å². The van der Waals surface area contributed by atoms with Gasteiger partial charge in [0.1, 0.15) is 5.75 Å². The summed E-state index contributed by atoms with van der Waals surface area (Å²) in [6, 6.07) is 21.2. The zero-order valence-electron chi connectivity index (χ0n) is 16.3. The van der Waals surface area contributed by atoms with Crippen molar-refractivity contribution in [1.82, 2.24) is 15.1 Å². The van der Waals surface area contributed by atoms with Gasteiger partial charge in [0.05, 0.1) is 12.8 Å². The van der Waals surface area contributed by atoms with Crippen molar-refractivity contribution in [3.05, 3.63) is 72.4 Å². The summed E-state index contributed by atoms with van der Waals surface area (Å²) in [5.41, 5.74) is 2.33. The predicted octanol–water partition coefficient (Wildman–Crippen LogP) is 3.19. The minimum absolute atomic E-state index is 0.0940. The molecule has 0 saturated carbocycles. The van der Waals surface area contributed by atoms with Crippen LogP contribution in [0, 0.1) is 0 Å². The van der Waals surface area contributed by atoms with Crippen molar-refractivity contribution in [2.24, 2.45) is 0 Å². The van der Waals surface area contributed by atoms with Crippen molar-refractivity contribution in [1.29, 1.82) is 0 Å². The van der Waals surface area contributed by atoms with Gasteiger partial charge in [0.25, 0.3) is 5.91 Å². The lowest BCUT2D eigenvalue weighted by Crippen LogP contribution is -2.49. The highest BCUT2D eigenvalue weighted by molar-refractivity contribution is 5.92. The summed E-state index contributed by atoms with van der Waals surface area (Å²) >= 11 is 0. The van der Waals surface area contributed by atoms with Crippen LogP contribution in [-0.2, 0) is 0 Å². The SMILES string of the molecule is COc1ccccc1N1CCN(C(=O)c2ccc(Nc3ccccc3)nn2)CC1. The van der Waals surface area contributed by atoms with Crippen LogP contribution in [0.1, 0.15) is 10.5 Å². The number of benzene rings is 2. The first-order valence-corrected chi connectivity index (χ1v) is 9.57. The second-order valence-electron chi connectivity index (χ2n) is 6.75. The van der Waals surface area contributed by atoms with Gasteiger partial charge < -0.3 is 19.9 Å². The summed E-state index contributed by atoms with van der Waals surface area (Å²) in [7, 11) is 1.67. The maximum Gasteiger partial charge on any atom is 0.274 e. The van der Waals surface area contributed by atoms with Crippen LogP contribution < -0.4 is 15.0 Å². The van der Waals surface area contributed by atoms with Gasteiger partial charge in [-0.1, -0.05) is 30.3 Å². The van der Waals surface area contributed by atoms with Crippen LogP contribution in [0.4, 0.5) is 17.2 Å². The average Bonchev–Trinajstić information content (AvgIpc) is 2.80. The molecule has 1 amide bonds. The maximum absolute atomic E-state index is 12.8. The third kappa shape index (κ3) is 4.29. The highest BCUT2D eigenvalue weighted by Gasteiger charge is 2.24. The van der Waals surface area contributed by atoms with Crippen LogP contribution in [0.5, 0.6) is 5.75 Å². The summed E-state index contributed by atoms with van der Waals surface area (Å²) in [5.74, 6) is 1.36. The maximum atomic E-state index is 12.8. The predicted molar refractivity (Wildman–Crippen MR) is 113 cm³/mol. The molecule has 1 fully saturated rings. The largest absolute Gasteiger partial charge is 0.495 e. The molecule has 1 saturated heterocycles. The van der Waals surface area contributed by atoms with E-state index >= 15 is 0 Å². The number of aromatic nitrogens is 2. The van der Waals surface area contributed by atoms with E-state index in [2.05, 4.69) is 20.4 Å². The molecule has 2 heterocycles. The number of anilines is 3. The zero-order chi connectivity index (χ0) is 20.1. The van der Waals surface area contributed by atoms with Crippen molar-refractivity contribution in [2.45, 2.75) is 0 Å². The highest BCUT2D eigenvalue weighted by atomic mass is 16.5. The number of rotatable bonds is 5. The lowest BCUT2D eigenvalue weighted by molar-refractivity contribution is 0.0739. The molecule has 7 nitrogen and oxygen atoms in total. The smallest absolute Gasteiger partial charge is 0.274 e. The van der Waals surface area contributed by atoms with Crippen molar-refractivity contribution in [3.63, 3.8) is 0 Å². The number of para-hydroxylation sites is 3. The minimum atomic E-state index is -0.0940. The molecule has 1 aromatic heterocycles. The molecule has 0 radical (unpaired) electrons. The first kappa shape index (κ1) is 18.7. The quantitative estimate of drug-likeness (QED) is 0.723. The molecular formula is C22H23N5O2. The van der Waals surface area contributed by atoms with Gasteiger partial charge in [-0.2, -0.15) is 0 Å². The Hall–Kier alpha value is -3.61. The van der Waals surface area contributed by atoms with Gasteiger partial charge in [0, 0.05) is 31.9 Å². The molecule has 4 rings (SSSR count). The third-order valence-corrected chi connectivity index (χ3v) is 4.92. The molecule has 0 aliphatic carbocycles. The second kappa shape index (κ2) is 8.60. The van der Waals surface area contributed by atoms with E-state index in [1.54, 1.807) is 19.2 Å². The molecule has 2 aromatic carbocycles. The highest BCUT2D eigenvalue weighted by Crippen LogP contribution is 2.28. The van der Waals surface area contributed by atoms with E-state index in [1.165, 1.54) is 0 Å². The normalized spacial score (nSPS) is 13.8. The Labute approximate surface area is 169 Å². The Morgan fingerprint density at radius 1 is 0.897 bits per heavy atom. The molecule has 0 bridgehead atoms. The molecular weight excluding hydrogens is 366 g/mol. The van der Waals surface area contributed by atoms with Crippen LogP contribution >= 0.6 is 0 Å². The number of nitrogens with zero attached hydrogens (tertiary/aromatic N) is 4. The Morgan fingerprint density at radius 2 is 1.62 bits per heavy atom. The summed E-state index contributed by atoms with van der Waals surface area (Å²) in [6.45, 7) is 2.74. The fraction of sp³-hybridized carbons (Fsp3) is 0.227. The molecule has 0 atom stereocenters. The molecule has 7 heteroatoms. The zero-order valence-corrected chi connectivity index (χ0v) is 16.3. The molecule has 1 N–H and O–H groups in total. The van der Waals surface area contributed by atoms with Gasteiger partial charge >= 0.3 is 0 Å². The number of methoxy groups -OCH3 is 1. The third-order valence-electron chi connectivity index (χ3n) is 4.92. The number of hydrogen-bond donors (Lipinski definition) is 1. The number of carbonyl (C=O) groups excluding carboxylic acids is 1. The number of piperazine rings is 1. The lowest BCUT2D eigenvalue weighted by atomic mass is 10.2. The second-order valence-corrected chi connectivity index (χ2v) is 6.75. The van der Waals surface area contributed by atoms with E-state index in [-0.39, 0.29) is 5.91 Å². The van der Waals surface area contributed by atoms with Gasteiger partial charge in [0.15, 0.2) is 11.5 Å². The van der Waals surface area contributed by atoms with Crippen LogP contribution in [-0.4, -0.2) is 54.3 Å². The van der Waals surface area contributed by atoms with Gasteiger partial charge in [0.2, 0.25) is 0 Å². The van der Waals surface area contributed by atoms with Crippen molar-refractivity contribution < 1.29 is 9.53 Å². The molecule has 0 unspecified atom stereocenters. The van der Waals surface area contributed by atoms with E-state index in [0.29, 0.717) is 24.6 Å². The minimum Gasteiger partial charge on any atom is -0.495 e. The fourth-order valence-electron chi connectivity index (χ4n) is 3.39. The van der Waals surface area contributed by atoms with E-state index < -0.39 is 0 Å². The topological polar surface area (TPSA) is 70.6 Å². The Balaban J connectivity index is 1.37. The molecule has 3 aromatic rings. The van der Waals surface area contributed by atoms with Gasteiger partial charge in [-0.3, -0.25) is 4.79 Å².